The molecule has 2 heterocycles. The van der Waals surface area contributed by atoms with Gasteiger partial charge in [-0.05, 0) is 69.2 Å². The highest BCUT2D eigenvalue weighted by Gasteiger charge is 2.32. The molecule has 0 aliphatic carbocycles. The second-order valence-electron chi connectivity index (χ2n) is 8.09. The summed E-state index contributed by atoms with van der Waals surface area (Å²) in [4.78, 5) is 27.4. The molecule has 0 spiro atoms. The summed E-state index contributed by atoms with van der Waals surface area (Å²) in [5.41, 5.74) is 3.41. The lowest BCUT2D eigenvalue weighted by molar-refractivity contribution is 0.0525. The van der Waals surface area contributed by atoms with Gasteiger partial charge in [-0.2, -0.15) is 5.10 Å². The maximum absolute atomic E-state index is 13.4. The van der Waals surface area contributed by atoms with Crippen LogP contribution in [0.2, 0.25) is 0 Å². The lowest BCUT2D eigenvalue weighted by Gasteiger charge is -2.27. The van der Waals surface area contributed by atoms with E-state index in [1.807, 2.05) is 42.2 Å². The van der Waals surface area contributed by atoms with Gasteiger partial charge in [-0.1, -0.05) is 0 Å². The van der Waals surface area contributed by atoms with Gasteiger partial charge in [0.05, 0.1) is 44.4 Å². The van der Waals surface area contributed by atoms with Gasteiger partial charge in [0.2, 0.25) is 0 Å². The maximum atomic E-state index is 13.4. The zero-order valence-electron chi connectivity index (χ0n) is 19.9. The summed E-state index contributed by atoms with van der Waals surface area (Å²) in [7, 11) is 3.26. The number of carbonyl (C=O) groups excluding carboxylic acids is 2. The SMILES string of the molecule is CCOC(=O)c1cnn(-c2ccc(C(=O)N3CCCC3c3cc(OC)ccc3OC)cc2)c1C. The van der Waals surface area contributed by atoms with E-state index in [9.17, 15) is 9.59 Å². The van der Waals surface area contributed by atoms with Crippen molar-refractivity contribution in [1.29, 1.82) is 0 Å². The first-order valence-corrected chi connectivity index (χ1v) is 11.3. The molecule has 3 aromatic rings. The van der Waals surface area contributed by atoms with Crippen molar-refractivity contribution in [2.24, 2.45) is 0 Å². The molecule has 4 rings (SSSR count). The van der Waals surface area contributed by atoms with Gasteiger partial charge >= 0.3 is 5.97 Å². The minimum atomic E-state index is -0.397. The second-order valence-corrected chi connectivity index (χ2v) is 8.09. The number of ether oxygens (including phenoxy) is 3. The highest BCUT2D eigenvalue weighted by molar-refractivity contribution is 5.95. The number of nitrogens with zero attached hydrogens (tertiary/aromatic N) is 3. The molecular formula is C26H29N3O5. The van der Waals surface area contributed by atoms with Crippen LogP contribution in [0.15, 0.2) is 48.7 Å². The zero-order valence-corrected chi connectivity index (χ0v) is 19.9. The summed E-state index contributed by atoms with van der Waals surface area (Å²) in [5, 5.41) is 4.32. The van der Waals surface area contributed by atoms with Gasteiger partial charge in [0.15, 0.2) is 0 Å². The minimum absolute atomic E-state index is 0.0386. The fraction of sp³-hybridized carbons (Fsp3) is 0.346. The minimum Gasteiger partial charge on any atom is -0.497 e. The summed E-state index contributed by atoms with van der Waals surface area (Å²) in [6.07, 6.45) is 3.27. The van der Waals surface area contributed by atoms with Crippen LogP contribution in [-0.2, 0) is 4.74 Å². The number of methoxy groups -OCH3 is 2. The van der Waals surface area contributed by atoms with Crippen LogP contribution in [0.3, 0.4) is 0 Å². The van der Waals surface area contributed by atoms with Gasteiger partial charge in [0, 0.05) is 17.7 Å². The van der Waals surface area contributed by atoms with E-state index < -0.39 is 5.97 Å². The average Bonchev–Trinajstić information content (AvgIpc) is 3.50. The number of carbonyl (C=O) groups is 2. The third-order valence-electron chi connectivity index (χ3n) is 6.17. The third kappa shape index (κ3) is 4.35. The van der Waals surface area contributed by atoms with E-state index in [0.29, 0.717) is 30.0 Å². The molecule has 0 N–H and O–H groups in total. The predicted molar refractivity (Wildman–Crippen MR) is 127 cm³/mol. The van der Waals surface area contributed by atoms with E-state index in [1.54, 1.807) is 38.0 Å². The molecule has 1 aliphatic rings. The van der Waals surface area contributed by atoms with Crippen molar-refractivity contribution in [2.75, 3.05) is 27.4 Å². The van der Waals surface area contributed by atoms with E-state index in [2.05, 4.69) is 5.10 Å². The van der Waals surface area contributed by atoms with Gasteiger partial charge in [-0.25, -0.2) is 9.48 Å². The number of likely N-dealkylation sites (tertiary alicyclic amines) is 1. The second kappa shape index (κ2) is 9.99. The number of esters is 1. The smallest absolute Gasteiger partial charge is 0.341 e. The Labute approximate surface area is 199 Å². The Morgan fingerprint density at radius 2 is 1.85 bits per heavy atom. The molecule has 1 atom stereocenters. The molecule has 8 nitrogen and oxygen atoms in total. The molecule has 2 aromatic carbocycles. The topological polar surface area (TPSA) is 82.9 Å². The Hall–Kier alpha value is -3.81. The highest BCUT2D eigenvalue weighted by Crippen LogP contribution is 2.39. The molecule has 1 aliphatic heterocycles. The molecule has 1 aromatic heterocycles. The summed E-state index contributed by atoms with van der Waals surface area (Å²) in [6, 6.07) is 12.8. The normalized spacial score (nSPS) is 15.3. The largest absolute Gasteiger partial charge is 0.497 e. The molecule has 1 fully saturated rings. The molecule has 0 bridgehead atoms. The van der Waals surface area contributed by atoms with E-state index >= 15 is 0 Å². The fourth-order valence-corrected chi connectivity index (χ4v) is 4.42. The summed E-state index contributed by atoms with van der Waals surface area (Å²) in [5.74, 6) is 1.04. The summed E-state index contributed by atoms with van der Waals surface area (Å²) < 4.78 is 17.7. The molecule has 0 radical (unpaired) electrons. The number of rotatable bonds is 7. The molecule has 1 unspecified atom stereocenters. The molecule has 1 saturated heterocycles. The van der Waals surface area contributed by atoms with Gasteiger partial charge in [-0.15, -0.1) is 0 Å². The number of hydrogen-bond acceptors (Lipinski definition) is 6. The van der Waals surface area contributed by atoms with Crippen LogP contribution in [-0.4, -0.2) is 53.9 Å². The van der Waals surface area contributed by atoms with Crippen LogP contribution >= 0.6 is 0 Å². The monoisotopic (exact) mass is 463 g/mol. The molecule has 34 heavy (non-hydrogen) atoms. The quantitative estimate of drug-likeness (QED) is 0.485. The molecule has 1 amide bonds. The number of hydrogen-bond donors (Lipinski definition) is 0. The Morgan fingerprint density at radius 3 is 2.53 bits per heavy atom. The lowest BCUT2D eigenvalue weighted by Crippen LogP contribution is -2.30. The van der Waals surface area contributed by atoms with Crippen molar-refractivity contribution >= 4 is 11.9 Å². The van der Waals surface area contributed by atoms with Crippen molar-refractivity contribution in [3.8, 4) is 17.2 Å². The first-order valence-electron chi connectivity index (χ1n) is 11.3. The van der Waals surface area contributed by atoms with E-state index in [0.717, 1.165) is 35.6 Å². The van der Waals surface area contributed by atoms with Crippen LogP contribution in [0.25, 0.3) is 5.69 Å². The van der Waals surface area contributed by atoms with Crippen molar-refractivity contribution in [3.63, 3.8) is 0 Å². The van der Waals surface area contributed by atoms with Crippen LogP contribution in [0.5, 0.6) is 11.5 Å². The number of benzene rings is 2. The standard InChI is InChI=1S/C26H29N3O5/c1-5-34-26(31)22-16-27-29(17(22)2)19-10-8-18(9-11-19)25(30)28-14-6-7-23(28)21-15-20(32-3)12-13-24(21)33-4/h8-13,15-16,23H,5-7,14H2,1-4H3. The Balaban J connectivity index is 1.57. The van der Waals surface area contributed by atoms with Crippen LogP contribution < -0.4 is 9.47 Å². The van der Waals surface area contributed by atoms with Gasteiger partial charge in [0.25, 0.3) is 5.91 Å². The van der Waals surface area contributed by atoms with Gasteiger partial charge < -0.3 is 19.1 Å². The Bertz CT molecular complexity index is 1190. The maximum Gasteiger partial charge on any atom is 0.341 e. The first kappa shape index (κ1) is 23.4. The van der Waals surface area contributed by atoms with Crippen molar-refractivity contribution in [3.05, 3.63) is 71.0 Å². The summed E-state index contributed by atoms with van der Waals surface area (Å²) >= 11 is 0. The van der Waals surface area contributed by atoms with Crippen molar-refractivity contribution in [1.82, 2.24) is 14.7 Å². The summed E-state index contributed by atoms with van der Waals surface area (Å²) in [6.45, 7) is 4.56. The van der Waals surface area contributed by atoms with E-state index in [1.165, 1.54) is 6.20 Å². The number of amides is 1. The molecular weight excluding hydrogens is 434 g/mol. The highest BCUT2D eigenvalue weighted by atomic mass is 16.5. The lowest BCUT2D eigenvalue weighted by atomic mass is 10.0. The average molecular weight is 464 g/mol. The van der Waals surface area contributed by atoms with Crippen molar-refractivity contribution in [2.45, 2.75) is 32.7 Å². The van der Waals surface area contributed by atoms with Crippen LogP contribution in [0, 0.1) is 6.92 Å². The molecule has 178 valence electrons. The van der Waals surface area contributed by atoms with E-state index in [-0.39, 0.29) is 11.9 Å². The van der Waals surface area contributed by atoms with E-state index in [4.69, 9.17) is 14.2 Å². The van der Waals surface area contributed by atoms with Crippen LogP contribution in [0.4, 0.5) is 0 Å². The zero-order chi connectivity index (χ0) is 24.2. The molecule has 0 saturated carbocycles. The number of aromatic nitrogens is 2. The van der Waals surface area contributed by atoms with Crippen LogP contribution in [0.1, 0.15) is 57.8 Å². The molecule has 8 heteroatoms. The van der Waals surface area contributed by atoms with Crippen molar-refractivity contribution < 1.29 is 23.8 Å². The third-order valence-corrected chi connectivity index (χ3v) is 6.17. The van der Waals surface area contributed by atoms with Gasteiger partial charge in [0.1, 0.15) is 17.1 Å². The Kier molecular flexibility index (Phi) is 6.86. The van der Waals surface area contributed by atoms with Gasteiger partial charge in [-0.3, -0.25) is 4.79 Å². The first-order chi connectivity index (χ1) is 16.5. The Morgan fingerprint density at radius 1 is 1.09 bits per heavy atom. The predicted octanol–water partition coefficient (Wildman–Crippen LogP) is 4.35. The fourth-order valence-electron chi connectivity index (χ4n) is 4.42.